The lowest BCUT2D eigenvalue weighted by Crippen LogP contribution is -2.34. The number of rotatable bonds is 4. The number of nitro benzene ring substituents is 1. The van der Waals surface area contributed by atoms with Crippen molar-refractivity contribution in [3.05, 3.63) is 64.2 Å². The Labute approximate surface area is 128 Å². The first-order chi connectivity index (χ1) is 10.3. The van der Waals surface area contributed by atoms with Gasteiger partial charge in [0.2, 0.25) is 5.91 Å². The van der Waals surface area contributed by atoms with Crippen molar-refractivity contribution in [2.24, 2.45) is 0 Å². The highest BCUT2D eigenvalue weighted by atomic mass is 16.6. The lowest BCUT2D eigenvalue weighted by atomic mass is 9.83. The fourth-order valence-corrected chi connectivity index (χ4v) is 1.98. The molecule has 0 atom stereocenters. The van der Waals surface area contributed by atoms with Gasteiger partial charge in [0, 0.05) is 23.5 Å². The van der Waals surface area contributed by atoms with Crippen LogP contribution in [0, 0.1) is 10.1 Å². The van der Waals surface area contributed by atoms with Crippen LogP contribution in [0.15, 0.2) is 48.5 Å². The summed E-state index contributed by atoms with van der Waals surface area (Å²) in [5.41, 5.74) is 6.86. The molecule has 1 amide bonds. The van der Waals surface area contributed by atoms with Crippen molar-refractivity contribution in [2.75, 3.05) is 11.1 Å². The summed E-state index contributed by atoms with van der Waals surface area (Å²) in [6.45, 7) is 3.61. The summed E-state index contributed by atoms with van der Waals surface area (Å²) in [5, 5.41) is 13.4. The molecule has 0 unspecified atom stereocenters. The zero-order chi connectivity index (χ0) is 16.3. The molecule has 0 aliphatic heterocycles. The zero-order valence-corrected chi connectivity index (χ0v) is 12.4. The molecule has 6 heteroatoms. The Morgan fingerprint density at radius 1 is 1.09 bits per heavy atom. The monoisotopic (exact) mass is 299 g/mol. The van der Waals surface area contributed by atoms with E-state index < -0.39 is 10.3 Å². The molecule has 114 valence electrons. The third-order valence-electron chi connectivity index (χ3n) is 3.54. The number of carbonyl (C=O) groups is 1. The second kappa shape index (κ2) is 5.85. The predicted octanol–water partition coefficient (Wildman–Crippen LogP) is 3.09. The Kier molecular flexibility index (Phi) is 4.12. The smallest absolute Gasteiger partial charge is 0.269 e. The molecule has 2 aromatic carbocycles. The maximum absolute atomic E-state index is 12.5. The fraction of sp³-hybridized carbons (Fsp3) is 0.188. The van der Waals surface area contributed by atoms with Crippen molar-refractivity contribution in [3.63, 3.8) is 0 Å². The highest BCUT2D eigenvalue weighted by molar-refractivity contribution is 5.98. The summed E-state index contributed by atoms with van der Waals surface area (Å²) in [5.74, 6) is -0.203. The molecule has 0 saturated heterocycles. The molecule has 0 heterocycles. The minimum Gasteiger partial charge on any atom is -0.399 e. The fourth-order valence-electron chi connectivity index (χ4n) is 1.98. The van der Waals surface area contributed by atoms with Crippen LogP contribution < -0.4 is 11.1 Å². The number of nitrogen functional groups attached to an aromatic ring is 1. The Morgan fingerprint density at radius 3 is 2.14 bits per heavy atom. The van der Waals surface area contributed by atoms with Crippen molar-refractivity contribution in [1.29, 1.82) is 0 Å². The van der Waals surface area contributed by atoms with Gasteiger partial charge in [0.1, 0.15) is 0 Å². The molecule has 6 nitrogen and oxygen atoms in total. The minimum absolute atomic E-state index is 0.0178. The van der Waals surface area contributed by atoms with Gasteiger partial charge in [-0.05, 0) is 43.7 Å². The Morgan fingerprint density at radius 2 is 1.64 bits per heavy atom. The van der Waals surface area contributed by atoms with Crippen LogP contribution in [0.5, 0.6) is 0 Å². The summed E-state index contributed by atoms with van der Waals surface area (Å²) in [6.07, 6.45) is 0. The van der Waals surface area contributed by atoms with Crippen LogP contribution in [-0.4, -0.2) is 10.8 Å². The number of nitrogens with one attached hydrogen (secondary N) is 1. The number of nitrogens with zero attached hydrogens (tertiary/aromatic N) is 1. The maximum atomic E-state index is 12.5. The van der Waals surface area contributed by atoms with Crippen LogP contribution in [-0.2, 0) is 10.2 Å². The van der Waals surface area contributed by atoms with Gasteiger partial charge in [-0.1, -0.05) is 12.1 Å². The highest BCUT2D eigenvalue weighted by Gasteiger charge is 2.29. The summed E-state index contributed by atoms with van der Waals surface area (Å²) in [4.78, 5) is 22.6. The van der Waals surface area contributed by atoms with Gasteiger partial charge in [-0.15, -0.1) is 0 Å². The molecular formula is C16H17N3O3. The van der Waals surface area contributed by atoms with Crippen LogP contribution in [0.25, 0.3) is 0 Å². The average molecular weight is 299 g/mol. The maximum Gasteiger partial charge on any atom is 0.269 e. The van der Waals surface area contributed by atoms with E-state index in [2.05, 4.69) is 5.32 Å². The molecule has 0 saturated carbocycles. The lowest BCUT2D eigenvalue weighted by Gasteiger charge is -2.24. The van der Waals surface area contributed by atoms with E-state index in [0.717, 1.165) is 5.56 Å². The molecular weight excluding hydrogens is 282 g/mol. The van der Waals surface area contributed by atoms with Crippen molar-refractivity contribution in [1.82, 2.24) is 0 Å². The van der Waals surface area contributed by atoms with E-state index in [0.29, 0.717) is 11.4 Å². The number of nitrogens with two attached hydrogens (primary N) is 1. The Bertz CT molecular complexity index is 692. The molecule has 0 spiro atoms. The van der Waals surface area contributed by atoms with Gasteiger partial charge >= 0.3 is 0 Å². The molecule has 22 heavy (non-hydrogen) atoms. The van der Waals surface area contributed by atoms with Crippen LogP contribution in [0.2, 0.25) is 0 Å². The zero-order valence-electron chi connectivity index (χ0n) is 12.4. The topological polar surface area (TPSA) is 98.3 Å². The average Bonchev–Trinajstić information content (AvgIpc) is 2.48. The first-order valence-electron chi connectivity index (χ1n) is 6.72. The molecule has 2 rings (SSSR count). The van der Waals surface area contributed by atoms with Gasteiger partial charge < -0.3 is 11.1 Å². The van der Waals surface area contributed by atoms with Gasteiger partial charge in [-0.25, -0.2) is 0 Å². The second-order valence-corrected chi connectivity index (χ2v) is 5.51. The van der Waals surface area contributed by atoms with Crippen LogP contribution in [0.1, 0.15) is 19.4 Å². The van der Waals surface area contributed by atoms with Crippen molar-refractivity contribution in [3.8, 4) is 0 Å². The SMILES string of the molecule is CC(C)(C(=O)Nc1ccc([N+](=O)[O-])cc1)c1ccc(N)cc1. The largest absolute Gasteiger partial charge is 0.399 e. The first kappa shape index (κ1) is 15.5. The molecule has 0 fully saturated rings. The van der Waals surface area contributed by atoms with Crippen molar-refractivity contribution in [2.45, 2.75) is 19.3 Å². The summed E-state index contributed by atoms with van der Waals surface area (Å²) >= 11 is 0. The van der Waals surface area contributed by atoms with E-state index in [1.54, 1.807) is 26.0 Å². The van der Waals surface area contributed by atoms with Gasteiger partial charge in [0.05, 0.1) is 10.3 Å². The van der Waals surface area contributed by atoms with Crippen molar-refractivity contribution >= 4 is 23.0 Å². The van der Waals surface area contributed by atoms with E-state index in [-0.39, 0.29) is 11.6 Å². The van der Waals surface area contributed by atoms with Gasteiger partial charge in [0.25, 0.3) is 5.69 Å². The van der Waals surface area contributed by atoms with E-state index in [1.165, 1.54) is 24.3 Å². The second-order valence-electron chi connectivity index (χ2n) is 5.51. The molecule has 0 radical (unpaired) electrons. The standard InChI is InChI=1S/C16H17N3O3/c1-16(2,11-3-5-12(17)6-4-11)15(20)18-13-7-9-14(10-8-13)19(21)22/h3-10H,17H2,1-2H3,(H,18,20). The minimum atomic E-state index is -0.754. The van der Waals surface area contributed by atoms with Gasteiger partial charge in [-0.2, -0.15) is 0 Å². The third kappa shape index (κ3) is 3.22. The summed E-state index contributed by atoms with van der Waals surface area (Å²) < 4.78 is 0. The number of nitro groups is 1. The number of hydrogen-bond acceptors (Lipinski definition) is 4. The summed E-state index contributed by atoms with van der Waals surface area (Å²) in [7, 11) is 0. The van der Waals surface area contributed by atoms with Gasteiger partial charge in [-0.3, -0.25) is 14.9 Å². The predicted molar refractivity (Wildman–Crippen MR) is 85.6 cm³/mol. The lowest BCUT2D eigenvalue weighted by molar-refractivity contribution is -0.384. The first-order valence-corrected chi connectivity index (χ1v) is 6.72. The number of benzene rings is 2. The van der Waals surface area contributed by atoms with Crippen LogP contribution >= 0.6 is 0 Å². The third-order valence-corrected chi connectivity index (χ3v) is 3.54. The Balaban J connectivity index is 2.16. The van der Waals surface area contributed by atoms with Crippen LogP contribution in [0.3, 0.4) is 0 Å². The highest BCUT2D eigenvalue weighted by Crippen LogP contribution is 2.26. The molecule has 0 aliphatic carbocycles. The number of carbonyl (C=O) groups excluding carboxylic acids is 1. The van der Waals surface area contributed by atoms with Crippen molar-refractivity contribution < 1.29 is 9.72 Å². The van der Waals surface area contributed by atoms with E-state index >= 15 is 0 Å². The van der Waals surface area contributed by atoms with Crippen LogP contribution in [0.4, 0.5) is 17.1 Å². The molecule has 3 N–H and O–H groups in total. The van der Waals surface area contributed by atoms with E-state index in [9.17, 15) is 14.9 Å². The number of amides is 1. The van der Waals surface area contributed by atoms with E-state index in [1.807, 2.05) is 12.1 Å². The normalized spacial score (nSPS) is 11.0. The van der Waals surface area contributed by atoms with Gasteiger partial charge in [0.15, 0.2) is 0 Å². The molecule has 0 aliphatic rings. The molecule has 2 aromatic rings. The molecule has 0 bridgehead atoms. The summed E-state index contributed by atoms with van der Waals surface area (Å²) in [6, 6.07) is 12.8. The number of non-ortho nitro benzene ring substituents is 1. The number of hydrogen-bond donors (Lipinski definition) is 2. The molecule has 0 aromatic heterocycles. The quantitative estimate of drug-likeness (QED) is 0.515. The number of anilines is 2. The van der Waals surface area contributed by atoms with E-state index in [4.69, 9.17) is 5.73 Å². The Hall–Kier alpha value is -2.89.